The third-order valence-corrected chi connectivity index (χ3v) is 7.03. The molecule has 32 heavy (non-hydrogen) atoms. The van der Waals surface area contributed by atoms with Crippen molar-refractivity contribution in [1.82, 2.24) is 20.2 Å². The van der Waals surface area contributed by atoms with Gasteiger partial charge in [-0.25, -0.2) is 5.43 Å². The van der Waals surface area contributed by atoms with E-state index in [0.717, 1.165) is 25.7 Å². The van der Waals surface area contributed by atoms with Crippen molar-refractivity contribution in [2.75, 3.05) is 5.75 Å². The van der Waals surface area contributed by atoms with Crippen molar-refractivity contribution in [1.29, 1.82) is 0 Å². The molecular weight excluding hydrogens is 506 g/mol. The van der Waals surface area contributed by atoms with Crippen molar-refractivity contribution in [3.63, 3.8) is 0 Å². The van der Waals surface area contributed by atoms with Gasteiger partial charge in [-0.2, -0.15) is 5.10 Å². The van der Waals surface area contributed by atoms with Crippen molar-refractivity contribution in [3.8, 4) is 17.1 Å². The number of thioether (sulfide) groups is 1. The topological polar surface area (TPSA) is 72.2 Å². The van der Waals surface area contributed by atoms with Crippen LogP contribution in [0.3, 0.4) is 0 Å². The van der Waals surface area contributed by atoms with Crippen LogP contribution in [0.1, 0.15) is 16.0 Å². The van der Waals surface area contributed by atoms with Crippen molar-refractivity contribution >= 4 is 51.2 Å². The lowest BCUT2D eigenvalue weighted by molar-refractivity contribution is -0.118. The highest BCUT2D eigenvalue weighted by molar-refractivity contribution is 9.11. The Morgan fingerprint density at radius 3 is 2.41 bits per heavy atom. The van der Waals surface area contributed by atoms with Crippen LogP contribution in [0, 0.1) is 13.8 Å². The van der Waals surface area contributed by atoms with E-state index >= 15 is 0 Å². The van der Waals surface area contributed by atoms with E-state index < -0.39 is 0 Å². The lowest BCUT2D eigenvalue weighted by Gasteiger charge is -2.11. The van der Waals surface area contributed by atoms with Gasteiger partial charge in [0.05, 0.1) is 15.8 Å². The number of hydrogen-bond donors (Lipinski definition) is 1. The molecule has 0 aliphatic rings. The first-order chi connectivity index (χ1) is 15.5. The van der Waals surface area contributed by atoms with Crippen LogP contribution in [-0.2, 0) is 4.79 Å². The number of hydrazone groups is 1. The van der Waals surface area contributed by atoms with Gasteiger partial charge in [0.15, 0.2) is 11.0 Å². The number of nitrogens with one attached hydrogen (secondary N) is 1. The number of benzene rings is 2. The summed E-state index contributed by atoms with van der Waals surface area (Å²) in [5.74, 6) is 0.693. The normalized spacial score (nSPS) is 11.2. The maximum Gasteiger partial charge on any atom is 0.250 e. The Morgan fingerprint density at radius 1 is 1.06 bits per heavy atom. The molecule has 9 heteroatoms. The Kier molecular flexibility index (Phi) is 7.19. The monoisotopic (exact) mass is 525 g/mol. The van der Waals surface area contributed by atoms with E-state index in [-0.39, 0.29) is 11.7 Å². The quantitative estimate of drug-likeness (QED) is 0.193. The zero-order valence-electron chi connectivity index (χ0n) is 17.4. The fourth-order valence-electron chi connectivity index (χ4n) is 2.91. The first-order valence-corrected chi connectivity index (χ1v) is 12.4. The molecule has 0 fully saturated rings. The number of aromatic nitrogens is 3. The van der Waals surface area contributed by atoms with Gasteiger partial charge in [-0.3, -0.25) is 9.36 Å². The Balaban J connectivity index is 1.52. The van der Waals surface area contributed by atoms with Crippen LogP contribution in [0.4, 0.5) is 0 Å². The highest BCUT2D eigenvalue weighted by Gasteiger charge is 2.17. The maximum absolute atomic E-state index is 12.3. The maximum atomic E-state index is 12.3. The summed E-state index contributed by atoms with van der Waals surface area (Å²) < 4.78 is 3.00. The number of hydrogen-bond acceptors (Lipinski definition) is 6. The second-order valence-corrected chi connectivity index (χ2v) is 10.5. The van der Waals surface area contributed by atoms with Crippen LogP contribution in [0.2, 0.25) is 0 Å². The molecule has 2 aromatic heterocycles. The molecule has 2 heterocycles. The number of carbonyl (C=O) groups excluding carboxylic acids is 1. The number of thiophene rings is 1. The molecule has 2 aromatic carbocycles. The van der Waals surface area contributed by atoms with E-state index in [4.69, 9.17) is 0 Å². The number of aryl methyl sites for hydroxylation is 2. The molecular formula is C23H20BrN5OS2. The predicted molar refractivity (Wildman–Crippen MR) is 135 cm³/mol. The van der Waals surface area contributed by atoms with Crippen LogP contribution >= 0.6 is 39.0 Å². The van der Waals surface area contributed by atoms with Gasteiger partial charge in [-0.15, -0.1) is 21.5 Å². The molecule has 0 atom stereocenters. The zero-order chi connectivity index (χ0) is 22.5. The summed E-state index contributed by atoms with van der Waals surface area (Å²) in [6.45, 7) is 4.10. The Hall–Kier alpha value is -2.75. The van der Waals surface area contributed by atoms with Crippen LogP contribution in [-0.4, -0.2) is 32.6 Å². The molecule has 0 saturated carbocycles. The molecule has 4 aromatic rings. The van der Waals surface area contributed by atoms with Crippen LogP contribution < -0.4 is 5.43 Å². The molecule has 0 unspecified atom stereocenters. The van der Waals surface area contributed by atoms with Crippen LogP contribution in [0.5, 0.6) is 0 Å². The fourth-order valence-corrected chi connectivity index (χ4v) is 4.95. The summed E-state index contributed by atoms with van der Waals surface area (Å²) in [5, 5.41) is 13.5. The molecule has 0 saturated heterocycles. The van der Waals surface area contributed by atoms with Gasteiger partial charge in [-0.1, -0.05) is 59.3 Å². The fraction of sp³-hybridized carbons (Fsp3) is 0.130. The standard InChI is InChI=1S/C23H20BrN5OS2/c1-15-3-7-17(8-4-15)22-27-28-23(29(22)18-9-5-16(2)6-10-18)31-14-21(30)26-25-13-19-11-12-20(24)32-19/h3-13H,14H2,1-2H3,(H,26,30)/b25-13+. The molecule has 0 aliphatic heterocycles. The molecule has 0 spiro atoms. The average Bonchev–Trinajstić information content (AvgIpc) is 3.39. The summed E-state index contributed by atoms with van der Waals surface area (Å²) in [6, 6.07) is 20.2. The smallest absolute Gasteiger partial charge is 0.250 e. The minimum Gasteiger partial charge on any atom is -0.272 e. The van der Waals surface area contributed by atoms with E-state index in [1.54, 1.807) is 17.6 Å². The molecule has 1 N–H and O–H groups in total. The molecule has 0 radical (unpaired) electrons. The Bertz CT molecular complexity index is 1250. The second-order valence-electron chi connectivity index (χ2n) is 7.07. The molecule has 6 nitrogen and oxygen atoms in total. The SMILES string of the molecule is Cc1ccc(-c2nnc(SCC(=O)N/N=C/c3ccc(Br)s3)n2-c2ccc(C)cc2)cc1. The average molecular weight is 526 g/mol. The van der Waals surface area contributed by atoms with Crippen molar-refractivity contribution in [2.45, 2.75) is 19.0 Å². The van der Waals surface area contributed by atoms with E-state index in [9.17, 15) is 4.79 Å². The zero-order valence-corrected chi connectivity index (χ0v) is 20.7. The minimum atomic E-state index is -0.211. The van der Waals surface area contributed by atoms with Gasteiger partial charge in [0, 0.05) is 16.1 Å². The summed E-state index contributed by atoms with van der Waals surface area (Å²) in [6.07, 6.45) is 1.63. The van der Waals surface area contributed by atoms with Gasteiger partial charge < -0.3 is 0 Å². The van der Waals surface area contributed by atoms with Crippen LogP contribution in [0.25, 0.3) is 17.1 Å². The van der Waals surface area contributed by atoms with E-state index in [0.29, 0.717) is 5.16 Å². The van der Waals surface area contributed by atoms with Crippen LogP contribution in [0.15, 0.2) is 74.7 Å². The molecule has 0 bridgehead atoms. The predicted octanol–water partition coefficient (Wildman–Crippen LogP) is 5.62. The molecule has 0 aliphatic carbocycles. The lowest BCUT2D eigenvalue weighted by Crippen LogP contribution is -2.19. The number of amides is 1. The van der Waals surface area contributed by atoms with E-state index in [1.165, 1.54) is 22.9 Å². The Labute approximate surface area is 202 Å². The Morgan fingerprint density at radius 2 is 1.75 bits per heavy atom. The number of nitrogens with zero attached hydrogens (tertiary/aromatic N) is 4. The summed E-state index contributed by atoms with van der Waals surface area (Å²) >= 11 is 6.27. The lowest BCUT2D eigenvalue weighted by atomic mass is 10.1. The highest BCUT2D eigenvalue weighted by atomic mass is 79.9. The molecule has 1 amide bonds. The van der Waals surface area contributed by atoms with Gasteiger partial charge >= 0.3 is 0 Å². The number of carbonyl (C=O) groups is 1. The van der Waals surface area contributed by atoms with E-state index in [1.807, 2.05) is 79.1 Å². The first kappa shape index (κ1) is 22.4. The third kappa shape index (κ3) is 5.53. The molecule has 4 rings (SSSR count). The third-order valence-electron chi connectivity index (χ3n) is 4.54. The minimum absolute atomic E-state index is 0.170. The number of rotatable bonds is 7. The van der Waals surface area contributed by atoms with Crippen molar-refractivity contribution in [3.05, 3.63) is 80.5 Å². The largest absolute Gasteiger partial charge is 0.272 e. The van der Waals surface area contributed by atoms with Gasteiger partial charge in [-0.05, 0) is 54.0 Å². The molecule has 162 valence electrons. The highest BCUT2D eigenvalue weighted by Crippen LogP contribution is 2.28. The van der Waals surface area contributed by atoms with Gasteiger partial charge in [0.1, 0.15) is 0 Å². The van der Waals surface area contributed by atoms with E-state index in [2.05, 4.69) is 36.7 Å². The first-order valence-electron chi connectivity index (χ1n) is 9.79. The van der Waals surface area contributed by atoms with Crippen molar-refractivity contribution in [2.24, 2.45) is 5.10 Å². The summed E-state index contributed by atoms with van der Waals surface area (Å²) in [7, 11) is 0. The summed E-state index contributed by atoms with van der Waals surface area (Å²) in [4.78, 5) is 13.3. The van der Waals surface area contributed by atoms with Gasteiger partial charge in [0.25, 0.3) is 5.91 Å². The summed E-state index contributed by atoms with van der Waals surface area (Å²) in [5.41, 5.74) is 6.82. The van der Waals surface area contributed by atoms with Crippen molar-refractivity contribution < 1.29 is 4.79 Å². The second kappa shape index (κ2) is 10.2. The van der Waals surface area contributed by atoms with Gasteiger partial charge in [0.2, 0.25) is 0 Å². The number of halogens is 1.